The highest BCUT2D eigenvalue weighted by atomic mass is 35.5. The summed E-state index contributed by atoms with van der Waals surface area (Å²) in [5, 5.41) is 28.4. The van der Waals surface area contributed by atoms with Gasteiger partial charge in [-0.15, -0.1) is 0 Å². The minimum Gasteiger partial charge on any atom is -0.478 e. The summed E-state index contributed by atoms with van der Waals surface area (Å²) in [6, 6.07) is 12.9. The topological polar surface area (TPSA) is 111 Å². The average molecular weight is 635 g/mol. The molecule has 0 unspecified atom stereocenters. The minimum atomic E-state index is -1.27. The van der Waals surface area contributed by atoms with Gasteiger partial charge in [0.2, 0.25) is 5.91 Å². The lowest BCUT2D eigenvalue weighted by Crippen LogP contribution is -2.52. The zero-order chi connectivity index (χ0) is 31.5. The van der Waals surface area contributed by atoms with Crippen molar-refractivity contribution < 1.29 is 28.6 Å². The highest BCUT2D eigenvalue weighted by Crippen LogP contribution is 2.53. The fourth-order valence-electron chi connectivity index (χ4n) is 6.12. The SMILES string of the molecule is CC(C)(C)C[C@@H]1N[C@@H](C(=O)Nc2ccc(C(=O)O)cc2)[C@H](c2cccc(Cl)c2F)[C@@]1(CNCCO)c1ccc(Cl)cc1F. The monoisotopic (exact) mass is 633 g/mol. The Labute approximate surface area is 259 Å². The van der Waals surface area contributed by atoms with Crippen LogP contribution in [-0.2, 0) is 10.2 Å². The van der Waals surface area contributed by atoms with Crippen molar-refractivity contribution in [3.8, 4) is 0 Å². The molecule has 0 bridgehead atoms. The molecule has 0 aromatic heterocycles. The summed E-state index contributed by atoms with van der Waals surface area (Å²) in [6.07, 6.45) is 0.464. The number of carboxylic acids is 1. The molecule has 1 saturated heterocycles. The number of nitrogens with one attached hydrogen (secondary N) is 3. The van der Waals surface area contributed by atoms with Crippen LogP contribution in [0, 0.1) is 17.0 Å². The van der Waals surface area contributed by atoms with Crippen LogP contribution in [0.2, 0.25) is 10.0 Å². The number of anilines is 1. The molecule has 1 heterocycles. The van der Waals surface area contributed by atoms with Crippen molar-refractivity contribution in [1.29, 1.82) is 0 Å². The maximum absolute atomic E-state index is 16.1. The Hall–Kier alpha value is -3.08. The zero-order valence-corrected chi connectivity index (χ0v) is 25.6. The van der Waals surface area contributed by atoms with E-state index in [0.29, 0.717) is 12.1 Å². The number of aliphatic hydroxyl groups excluding tert-OH is 1. The van der Waals surface area contributed by atoms with Gasteiger partial charge in [-0.05, 0) is 65.4 Å². The van der Waals surface area contributed by atoms with Crippen LogP contribution in [-0.4, -0.2) is 53.9 Å². The van der Waals surface area contributed by atoms with Crippen LogP contribution in [0.4, 0.5) is 14.5 Å². The smallest absolute Gasteiger partial charge is 0.335 e. The van der Waals surface area contributed by atoms with Crippen molar-refractivity contribution in [2.75, 3.05) is 25.0 Å². The standard InChI is InChI=1S/C32H35Cl2F2N3O4/c1-31(2,3)16-25-32(17-37-13-14-40,22-12-9-19(33)15-24(22)35)26(21-5-4-6-23(34)27(21)36)28(39-25)29(41)38-20-10-7-18(8-11-20)30(42)43/h4-12,15,25-26,28,37,39-40H,13-14,16-17H2,1-3H3,(H,38,41)(H,42,43)/t25-,26-,28+,32-/m0/s1. The average Bonchev–Trinajstić information content (AvgIpc) is 3.23. The number of benzene rings is 3. The van der Waals surface area contributed by atoms with Gasteiger partial charge in [0.15, 0.2) is 0 Å². The number of rotatable bonds is 10. The molecule has 7 nitrogen and oxygen atoms in total. The molecule has 0 aliphatic carbocycles. The second kappa shape index (κ2) is 13.3. The first kappa shape index (κ1) is 32.8. The van der Waals surface area contributed by atoms with Gasteiger partial charge in [-0.3, -0.25) is 4.79 Å². The molecule has 3 aromatic carbocycles. The first-order valence-electron chi connectivity index (χ1n) is 13.9. The molecule has 5 N–H and O–H groups in total. The van der Waals surface area contributed by atoms with Gasteiger partial charge < -0.3 is 26.2 Å². The summed E-state index contributed by atoms with van der Waals surface area (Å²) in [4.78, 5) is 25.4. The number of amides is 1. The zero-order valence-electron chi connectivity index (χ0n) is 24.1. The lowest BCUT2D eigenvalue weighted by molar-refractivity contribution is -0.118. The van der Waals surface area contributed by atoms with Crippen LogP contribution in [0.15, 0.2) is 60.7 Å². The molecule has 0 spiro atoms. The minimum absolute atomic E-state index is 0.0493. The van der Waals surface area contributed by atoms with Crippen LogP contribution in [0.1, 0.15) is 54.6 Å². The van der Waals surface area contributed by atoms with E-state index in [1.807, 2.05) is 20.8 Å². The second-order valence-corrected chi connectivity index (χ2v) is 12.9. The van der Waals surface area contributed by atoms with Gasteiger partial charge in [0.05, 0.1) is 23.2 Å². The van der Waals surface area contributed by atoms with Gasteiger partial charge in [0, 0.05) is 41.2 Å². The quantitative estimate of drug-likeness (QED) is 0.175. The van der Waals surface area contributed by atoms with Gasteiger partial charge in [-0.1, -0.05) is 62.2 Å². The second-order valence-electron chi connectivity index (χ2n) is 12.0. The summed E-state index contributed by atoms with van der Waals surface area (Å²) < 4.78 is 32.0. The lowest BCUT2D eigenvalue weighted by atomic mass is 9.61. The molecule has 230 valence electrons. The molecule has 1 fully saturated rings. The molecule has 0 radical (unpaired) electrons. The molecule has 43 heavy (non-hydrogen) atoms. The van der Waals surface area contributed by atoms with Gasteiger partial charge in [-0.25, -0.2) is 13.6 Å². The molecule has 1 amide bonds. The number of aromatic carboxylic acids is 1. The van der Waals surface area contributed by atoms with Crippen LogP contribution in [0.3, 0.4) is 0 Å². The van der Waals surface area contributed by atoms with E-state index in [2.05, 4.69) is 16.0 Å². The van der Waals surface area contributed by atoms with Gasteiger partial charge in [0.25, 0.3) is 0 Å². The highest BCUT2D eigenvalue weighted by Gasteiger charge is 2.60. The van der Waals surface area contributed by atoms with Gasteiger partial charge >= 0.3 is 5.97 Å². The fourth-order valence-corrected chi connectivity index (χ4v) is 6.46. The number of hydrogen-bond acceptors (Lipinski definition) is 5. The molecule has 1 aliphatic rings. The van der Waals surface area contributed by atoms with E-state index in [4.69, 9.17) is 23.2 Å². The first-order valence-corrected chi connectivity index (χ1v) is 14.7. The summed E-state index contributed by atoms with van der Waals surface area (Å²) in [5.74, 6) is -3.96. The summed E-state index contributed by atoms with van der Waals surface area (Å²) in [6.45, 7) is 6.12. The number of carbonyl (C=O) groups excluding carboxylic acids is 1. The van der Waals surface area contributed by atoms with Crippen molar-refractivity contribution in [3.05, 3.63) is 99.0 Å². The Bertz CT molecular complexity index is 1480. The number of carboxylic acid groups (broad SMARTS) is 1. The van der Waals surface area contributed by atoms with Crippen LogP contribution >= 0.6 is 23.2 Å². The Morgan fingerprint density at radius 3 is 2.35 bits per heavy atom. The van der Waals surface area contributed by atoms with Crippen LogP contribution < -0.4 is 16.0 Å². The number of halogens is 4. The molecular formula is C32H35Cl2F2N3O4. The molecular weight excluding hydrogens is 599 g/mol. The third kappa shape index (κ3) is 7.02. The summed E-state index contributed by atoms with van der Waals surface area (Å²) in [5.41, 5.74) is -0.834. The molecule has 4 rings (SSSR count). The summed E-state index contributed by atoms with van der Waals surface area (Å²) >= 11 is 12.4. The predicted molar refractivity (Wildman–Crippen MR) is 164 cm³/mol. The van der Waals surface area contributed by atoms with E-state index >= 15 is 8.78 Å². The van der Waals surface area contributed by atoms with Crippen molar-refractivity contribution in [3.63, 3.8) is 0 Å². The lowest BCUT2D eigenvalue weighted by Gasteiger charge is -2.43. The molecule has 3 aromatic rings. The van der Waals surface area contributed by atoms with Crippen LogP contribution in [0.25, 0.3) is 0 Å². The van der Waals surface area contributed by atoms with Crippen molar-refractivity contribution in [2.45, 2.75) is 50.6 Å². The van der Waals surface area contributed by atoms with E-state index in [9.17, 15) is 19.8 Å². The Balaban J connectivity index is 1.95. The van der Waals surface area contributed by atoms with Gasteiger partial charge in [-0.2, -0.15) is 0 Å². The van der Waals surface area contributed by atoms with E-state index in [1.165, 1.54) is 36.4 Å². The number of carbonyl (C=O) groups is 2. The normalized spacial score (nSPS) is 22.0. The number of aliphatic hydroxyl groups is 1. The number of hydrogen-bond donors (Lipinski definition) is 5. The van der Waals surface area contributed by atoms with Crippen LogP contribution in [0.5, 0.6) is 0 Å². The Morgan fingerprint density at radius 1 is 1.05 bits per heavy atom. The largest absolute Gasteiger partial charge is 0.478 e. The predicted octanol–water partition coefficient (Wildman–Crippen LogP) is 5.99. The third-order valence-corrected chi connectivity index (χ3v) is 8.37. The molecule has 11 heteroatoms. The van der Waals surface area contributed by atoms with Crippen molar-refractivity contribution in [2.24, 2.45) is 5.41 Å². The first-order chi connectivity index (χ1) is 20.3. The third-order valence-electron chi connectivity index (χ3n) is 7.84. The maximum Gasteiger partial charge on any atom is 0.335 e. The Kier molecular flexibility index (Phi) is 10.1. The summed E-state index contributed by atoms with van der Waals surface area (Å²) in [7, 11) is 0. The van der Waals surface area contributed by atoms with E-state index in [1.54, 1.807) is 24.3 Å². The van der Waals surface area contributed by atoms with Crippen molar-refractivity contribution in [1.82, 2.24) is 10.6 Å². The molecule has 1 aliphatic heterocycles. The maximum atomic E-state index is 16.1. The molecule has 4 atom stereocenters. The Morgan fingerprint density at radius 2 is 1.74 bits per heavy atom. The molecule has 0 saturated carbocycles. The van der Waals surface area contributed by atoms with E-state index in [-0.39, 0.29) is 51.8 Å². The highest BCUT2D eigenvalue weighted by molar-refractivity contribution is 6.31. The van der Waals surface area contributed by atoms with Gasteiger partial charge in [0.1, 0.15) is 11.6 Å². The van der Waals surface area contributed by atoms with E-state index in [0.717, 1.165) is 0 Å². The van der Waals surface area contributed by atoms with E-state index < -0.39 is 46.9 Å². The van der Waals surface area contributed by atoms with Crippen molar-refractivity contribution >= 4 is 40.8 Å². The fraction of sp³-hybridized carbons (Fsp3) is 0.375.